The van der Waals surface area contributed by atoms with Crippen LogP contribution in [0, 0.1) is 19.8 Å². The van der Waals surface area contributed by atoms with E-state index < -0.39 is 10.0 Å². The molecule has 2 aliphatic rings. The zero-order valence-electron chi connectivity index (χ0n) is 18.6. The lowest BCUT2D eigenvalue weighted by Gasteiger charge is -2.35. The molecule has 1 unspecified atom stereocenters. The number of benzene rings is 1. The van der Waals surface area contributed by atoms with E-state index in [1.54, 1.807) is 18.7 Å². The van der Waals surface area contributed by atoms with Crippen LogP contribution < -0.4 is 9.47 Å². The Morgan fingerprint density at radius 3 is 2.50 bits per heavy atom. The van der Waals surface area contributed by atoms with Crippen LogP contribution in [-0.2, 0) is 14.8 Å². The third-order valence-electron chi connectivity index (χ3n) is 6.05. The number of fused-ring (bicyclic) bond motifs is 1. The van der Waals surface area contributed by atoms with Crippen molar-refractivity contribution in [2.45, 2.75) is 44.6 Å². The Labute approximate surface area is 188 Å². The summed E-state index contributed by atoms with van der Waals surface area (Å²) in [7, 11) is -3.69. The molecule has 1 saturated heterocycles. The Morgan fingerprint density at radius 2 is 1.88 bits per heavy atom. The van der Waals surface area contributed by atoms with Crippen molar-refractivity contribution in [2.24, 2.45) is 5.92 Å². The molecule has 0 aliphatic carbocycles. The van der Waals surface area contributed by atoms with Crippen molar-refractivity contribution in [1.82, 2.24) is 14.4 Å². The molecule has 1 aromatic carbocycles. The third kappa shape index (κ3) is 4.33. The second kappa shape index (κ2) is 9.11. The highest BCUT2D eigenvalue weighted by Crippen LogP contribution is 2.32. The molecular formula is C22H29N3O6S. The molecule has 174 valence electrons. The first kappa shape index (κ1) is 22.6. The molecule has 1 aromatic heterocycles. The highest BCUT2D eigenvalue weighted by atomic mass is 32.2. The van der Waals surface area contributed by atoms with E-state index in [0.717, 1.165) is 0 Å². The molecule has 2 aromatic rings. The minimum Gasteiger partial charge on any atom is -0.486 e. The van der Waals surface area contributed by atoms with Crippen LogP contribution in [0.15, 0.2) is 33.7 Å². The Kier molecular flexibility index (Phi) is 6.43. The molecule has 0 bridgehead atoms. The van der Waals surface area contributed by atoms with Gasteiger partial charge >= 0.3 is 0 Å². The van der Waals surface area contributed by atoms with E-state index in [9.17, 15) is 13.2 Å². The number of carbonyl (C=O) groups excluding carboxylic acids is 1. The van der Waals surface area contributed by atoms with Gasteiger partial charge in [0.15, 0.2) is 23.4 Å². The number of ether oxygens (including phenoxy) is 2. The van der Waals surface area contributed by atoms with Gasteiger partial charge in [0.25, 0.3) is 0 Å². The molecule has 2 aliphatic heterocycles. The molecule has 0 N–H and O–H groups in total. The number of carbonyl (C=O) groups is 1. The van der Waals surface area contributed by atoms with Crippen LogP contribution >= 0.6 is 0 Å². The summed E-state index contributed by atoms with van der Waals surface area (Å²) >= 11 is 0. The number of likely N-dealkylation sites (N-methyl/N-ethyl adjacent to an activating group) is 1. The number of amides is 1. The van der Waals surface area contributed by atoms with Crippen LogP contribution in [0.5, 0.6) is 11.5 Å². The minimum atomic E-state index is -3.69. The van der Waals surface area contributed by atoms with Gasteiger partial charge in [-0.15, -0.1) is 0 Å². The van der Waals surface area contributed by atoms with Crippen LogP contribution in [0.3, 0.4) is 0 Å². The van der Waals surface area contributed by atoms with Gasteiger partial charge in [-0.3, -0.25) is 4.79 Å². The number of nitrogens with zero attached hydrogens (tertiary/aromatic N) is 3. The van der Waals surface area contributed by atoms with Gasteiger partial charge in [0.2, 0.25) is 15.9 Å². The van der Waals surface area contributed by atoms with Gasteiger partial charge in [-0.05, 0) is 45.7 Å². The van der Waals surface area contributed by atoms with Crippen LogP contribution in [0.4, 0.5) is 0 Å². The summed E-state index contributed by atoms with van der Waals surface area (Å²) in [5.41, 5.74) is 0.356. The van der Waals surface area contributed by atoms with Gasteiger partial charge in [0.1, 0.15) is 17.2 Å². The highest BCUT2D eigenvalue weighted by Gasteiger charge is 2.37. The molecule has 0 saturated carbocycles. The molecular weight excluding hydrogens is 434 g/mol. The standard InChI is InChI=1S/C22H29N3O6S/c1-4-24(13-18-14-29-19-7-5-6-8-20(19)30-18)22(26)17-9-11-25(12-10-17)32(27,28)21-15(2)23-31-16(21)3/h5-8,17-18H,4,9-14H2,1-3H3. The van der Waals surface area contributed by atoms with Crippen molar-refractivity contribution in [2.75, 3.05) is 32.8 Å². The van der Waals surface area contributed by atoms with Gasteiger partial charge < -0.3 is 18.9 Å². The summed E-state index contributed by atoms with van der Waals surface area (Å²) in [5.74, 6) is 1.50. The van der Waals surface area contributed by atoms with Crippen LogP contribution in [0.2, 0.25) is 0 Å². The number of hydrogen-bond donors (Lipinski definition) is 0. The number of rotatable bonds is 6. The van der Waals surface area contributed by atoms with Gasteiger partial charge in [0, 0.05) is 25.6 Å². The van der Waals surface area contributed by atoms with E-state index in [1.807, 2.05) is 31.2 Å². The van der Waals surface area contributed by atoms with Gasteiger partial charge in [-0.1, -0.05) is 17.3 Å². The smallest absolute Gasteiger partial charge is 0.248 e. The summed E-state index contributed by atoms with van der Waals surface area (Å²) in [5, 5.41) is 3.76. The predicted molar refractivity (Wildman–Crippen MR) is 116 cm³/mol. The normalized spacial score (nSPS) is 19.7. The number of piperidine rings is 1. The number of hydrogen-bond acceptors (Lipinski definition) is 7. The van der Waals surface area contributed by atoms with Crippen LogP contribution in [0.25, 0.3) is 0 Å². The largest absolute Gasteiger partial charge is 0.486 e. The zero-order valence-corrected chi connectivity index (χ0v) is 19.4. The maximum absolute atomic E-state index is 13.2. The van der Waals surface area contributed by atoms with Crippen LogP contribution in [0.1, 0.15) is 31.2 Å². The number of aromatic nitrogens is 1. The Hall–Kier alpha value is -2.59. The summed E-state index contributed by atoms with van der Waals surface area (Å²) in [6, 6.07) is 7.49. The van der Waals surface area contributed by atoms with Crippen molar-refractivity contribution >= 4 is 15.9 Å². The molecule has 10 heteroatoms. The lowest BCUT2D eigenvalue weighted by atomic mass is 9.96. The zero-order chi connectivity index (χ0) is 22.9. The monoisotopic (exact) mass is 463 g/mol. The van der Waals surface area contributed by atoms with Crippen molar-refractivity contribution < 1.29 is 27.2 Å². The lowest BCUT2D eigenvalue weighted by Crippen LogP contribution is -2.48. The van der Waals surface area contributed by atoms with Crippen LogP contribution in [-0.4, -0.2) is 67.6 Å². The topological polar surface area (TPSA) is 102 Å². The number of para-hydroxylation sites is 2. The summed E-state index contributed by atoms with van der Waals surface area (Å²) in [6.45, 7) is 7.10. The van der Waals surface area contributed by atoms with Gasteiger partial charge in [-0.2, -0.15) is 4.31 Å². The predicted octanol–water partition coefficient (Wildman–Crippen LogP) is 2.38. The molecule has 4 rings (SSSR count). The van der Waals surface area contributed by atoms with E-state index >= 15 is 0 Å². The highest BCUT2D eigenvalue weighted by molar-refractivity contribution is 7.89. The first-order chi connectivity index (χ1) is 15.3. The quantitative estimate of drug-likeness (QED) is 0.648. The van der Waals surface area contributed by atoms with Crippen molar-refractivity contribution in [1.29, 1.82) is 0 Å². The molecule has 1 atom stereocenters. The average Bonchev–Trinajstić information content (AvgIpc) is 3.15. The first-order valence-corrected chi connectivity index (χ1v) is 12.4. The fourth-order valence-corrected chi connectivity index (χ4v) is 6.11. The van der Waals surface area contributed by atoms with E-state index in [4.69, 9.17) is 14.0 Å². The SMILES string of the molecule is CCN(CC1COc2ccccc2O1)C(=O)C1CCN(S(=O)(=O)c2c(C)noc2C)CC1. The molecule has 0 radical (unpaired) electrons. The molecule has 32 heavy (non-hydrogen) atoms. The molecule has 0 spiro atoms. The van der Waals surface area contributed by atoms with E-state index in [0.29, 0.717) is 49.7 Å². The number of aryl methyl sites for hydroxylation is 2. The van der Waals surface area contributed by atoms with E-state index in [-0.39, 0.29) is 41.7 Å². The summed E-state index contributed by atoms with van der Waals surface area (Å²) in [4.78, 5) is 15.1. The molecule has 1 fully saturated rings. The van der Waals surface area contributed by atoms with Gasteiger partial charge in [-0.25, -0.2) is 8.42 Å². The second-order valence-electron chi connectivity index (χ2n) is 8.21. The minimum absolute atomic E-state index is 0.0318. The Morgan fingerprint density at radius 1 is 1.19 bits per heavy atom. The summed E-state index contributed by atoms with van der Waals surface area (Å²) < 4.78 is 44.3. The van der Waals surface area contributed by atoms with Crippen molar-refractivity contribution in [3.8, 4) is 11.5 Å². The van der Waals surface area contributed by atoms with Crippen molar-refractivity contribution in [3.63, 3.8) is 0 Å². The Bertz CT molecular complexity index is 1060. The molecule has 1 amide bonds. The molecule has 9 nitrogen and oxygen atoms in total. The van der Waals surface area contributed by atoms with Crippen molar-refractivity contribution in [3.05, 3.63) is 35.7 Å². The maximum atomic E-state index is 13.2. The van der Waals surface area contributed by atoms with E-state index in [2.05, 4.69) is 5.16 Å². The van der Waals surface area contributed by atoms with Gasteiger partial charge in [0.05, 0.1) is 6.54 Å². The number of sulfonamides is 1. The third-order valence-corrected chi connectivity index (χ3v) is 8.20. The molecule has 3 heterocycles. The first-order valence-electron chi connectivity index (χ1n) is 10.9. The summed E-state index contributed by atoms with van der Waals surface area (Å²) in [6.07, 6.45) is 0.708. The second-order valence-corrected chi connectivity index (χ2v) is 10.1. The van der Waals surface area contributed by atoms with E-state index in [1.165, 1.54) is 4.31 Å². The maximum Gasteiger partial charge on any atom is 0.248 e. The fraction of sp³-hybridized carbons (Fsp3) is 0.545. The fourth-order valence-electron chi connectivity index (χ4n) is 4.35. The lowest BCUT2D eigenvalue weighted by molar-refractivity contribution is -0.138. The Balaban J connectivity index is 1.36. The average molecular weight is 464 g/mol.